The Morgan fingerprint density at radius 3 is 2.37 bits per heavy atom. The van der Waals surface area contributed by atoms with Crippen molar-refractivity contribution in [2.45, 2.75) is 25.9 Å². The fourth-order valence-electron chi connectivity index (χ4n) is 1.82. The van der Waals surface area contributed by atoms with Crippen molar-refractivity contribution >= 4 is 0 Å². The van der Waals surface area contributed by atoms with Gasteiger partial charge >= 0.3 is 0 Å². The van der Waals surface area contributed by atoms with Gasteiger partial charge in [-0.3, -0.25) is 0 Å². The zero-order valence-corrected chi connectivity index (χ0v) is 12.9. The molecule has 4 nitrogen and oxygen atoms in total. The molecular formula is C15H26N2O2. The molecule has 0 fully saturated rings. The smallest absolute Gasteiger partial charge is 0.123 e. The van der Waals surface area contributed by atoms with E-state index in [0.717, 1.165) is 23.6 Å². The average Bonchev–Trinajstić information content (AvgIpc) is 2.43. The van der Waals surface area contributed by atoms with E-state index >= 15 is 0 Å². The summed E-state index contributed by atoms with van der Waals surface area (Å²) in [5.74, 6) is 1.74. The van der Waals surface area contributed by atoms with Crippen LogP contribution in [0.1, 0.15) is 25.5 Å². The van der Waals surface area contributed by atoms with E-state index in [0.29, 0.717) is 6.04 Å². The molecule has 0 heterocycles. The van der Waals surface area contributed by atoms with Crippen molar-refractivity contribution in [1.29, 1.82) is 0 Å². The first-order valence-corrected chi connectivity index (χ1v) is 6.61. The first-order chi connectivity index (χ1) is 8.99. The minimum Gasteiger partial charge on any atom is -0.497 e. The molecule has 0 aliphatic carbocycles. The molecule has 0 amide bonds. The van der Waals surface area contributed by atoms with E-state index in [2.05, 4.69) is 38.2 Å². The van der Waals surface area contributed by atoms with Crippen LogP contribution in [0.15, 0.2) is 18.2 Å². The minimum absolute atomic E-state index is 0.215. The predicted octanol–water partition coefficient (Wildman–Crippen LogP) is 2.30. The number of ether oxygens (including phenoxy) is 2. The van der Waals surface area contributed by atoms with Gasteiger partial charge in [0.1, 0.15) is 11.5 Å². The number of benzene rings is 1. The Bertz CT molecular complexity index is 394. The molecule has 19 heavy (non-hydrogen) atoms. The quantitative estimate of drug-likeness (QED) is 0.821. The number of likely N-dealkylation sites (N-methyl/N-ethyl adjacent to an activating group) is 1. The first-order valence-electron chi connectivity index (χ1n) is 6.61. The van der Waals surface area contributed by atoms with Gasteiger partial charge in [0.15, 0.2) is 0 Å². The molecule has 2 atom stereocenters. The first kappa shape index (κ1) is 15.8. The fraction of sp³-hybridized carbons (Fsp3) is 0.600. The fourth-order valence-corrected chi connectivity index (χ4v) is 1.82. The van der Waals surface area contributed by atoms with Crippen LogP contribution in [0.4, 0.5) is 0 Å². The summed E-state index contributed by atoms with van der Waals surface area (Å²) < 4.78 is 10.7. The second kappa shape index (κ2) is 7.36. The molecule has 1 aromatic rings. The van der Waals surface area contributed by atoms with E-state index in [1.807, 2.05) is 18.2 Å². The van der Waals surface area contributed by atoms with Crippen molar-refractivity contribution in [3.05, 3.63) is 23.8 Å². The Morgan fingerprint density at radius 2 is 1.84 bits per heavy atom. The summed E-state index contributed by atoms with van der Waals surface area (Å²) in [6.07, 6.45) is 0. The van der Waals surface area contributed by atoms with E-state index < -0.39 is 0 Å². The largest absolute Gasteiger partial charge is 0.497 e. The average molecular weight is 266 g/mol. The maximum absolute atomic E-state index is 5.41. The van der Waals surface area contributed by atoms with Crippen LogP contribution in [-0.4, -0.2) is 45.8 Å². The monoisotopic (exact) mass is 266 g/mol. The van der Waals surface area contributed by atoms with Gasteiger partial charge in [0.05, 0.1) is 14.2 Å². The summed E-state index contributed by atoms with van der Waals surface area (Å²) in [7, 11) is 7.55. The van der Waals surface area contributed by atoms with Gasteiger partial charge < -0.3 is 19.7 Å². The molecule has 0 aliphatic heterocycles. The molecule has 108 valence electrons. The summed E-state index contributed by atoms with van der Waals surface area (Å²) in [4.78, 5) is 2.20. The van der Waals surface area contributed by atoms with Crippen LogP contribution in [0.2, 0.25) is 0 Å². The number of nitrogens with zero attached hydrogens (tertiary/aromatic N) is 1. The van der Waals surface area contributed by atoms with Crippen LogP contribution in [-0.2, 0) is 0 Å². The van der Waals surface area contributed by atoms with Crippen molar-refractivity contribution in [3.8, 4) is 11.5 Å². The van der Waals surface area contributed by atoms with Crippen LogP contribution in [0, 0.1) is 0 Å². The van der Waals surface area contributed by atoms with E-state index in [1.165, 1.54) is 0 Å². The highest BCUT2D eigenvalue weighted by Crippen LogP contribution is 2.29. The van der Waals surface area contributed by atoms with Crippen LogP contribution in [0.3, 0.4) is 0 Å². The maximum Gasteiger partial charge on any atom is 0.123 e. The molecule has 4 heteroatoms. The summed E-state index contributed by atoms with van der Waals surface area (Å²) >= 11 is 0. The molecule has 0 aromatic heterocycles. The second-order valence-electron chi connectivity index (χ2n) is 5.05. The molecule has 1 aromatic carbocycles. The lowest BCUT2D eigenvalue weighted by Gasteiger charge is -2.24. The Kier molecular flexibility index (Phi) is 6.12. The summed E-state index contributed by atoms with van der Waals surface area (Å²) in [5.41, 5.74) is 1.12. The van der Waals surface area contributed by atoms with Crippen molar-refractivity contribution in [3.63, 3.8) is 0 Å². The van der Waals surface area contributed by atoms with E-state index in [9.17, 15) is 0 Å². The highest BCUT2D eigenvalue weighted by Gasteiger charge is 2.14. The van der Waals surface area contributed by atoms with Crippen molar-refractivity contribution < 1.29 is 9.47 Å². The maximum atomic E-state index is 5.41. The Labute approximate surface area is 116 Å². The number of rotatable bonds is 7. The van der Waals surface area contributed by atoms with Gasteiger partial charge in [-0.2, -0.15) is 0 Å². The van der Waals surface area contributed by atoms with Crippen molar-refractivity contribution in [2.75, 3.05) is 34.9 Å². The van der Waals surface area contributed by atoms with Crippen molar-refractivity contribution in [1.82, 2.24) is 10.2 Å². The Balaban J connectivity index is 2.77. The van der Waals surface area contributed by atoms with Gasteiger partial charge in [0.25, 0.3) is 0 Å². The molecule has 0 radical (unpaired) electrons. The van der Waals surface area contributed by atoms with Gasteiger partial charge in [-0.15, -0.1) is 0 Å². The molecule has 2 unspecified atom stereocenters. The molecule has 0 saturated carbocycles. The number of hydrogen-bond acceptors (Lipinski definition) is 4. The zero-order valence-electron chi connectivity index (χ0n) is 12.9. The second-order valence-corrected chi connectivity index (χ2v) is 5.05. The molecule has 1 rings (SSSR count). The number of hydrogen-bond donors (Lipinski definition) is 1. The van der Waals surface area contributed by atoms with Gasteiger partial charge in [0.2, 0.25) is 0 Å². The molecular weight excluding hydrogens is 240 g/mol. The standard InChI is InChI=1S/C15H26N2O2/c1-11(17(3)4)10-16-12(2)14-9-13(18-5)7-8-15(14)19-6/h7-9,11-12,16H,10H2,1-6H3. The lowest BCUT2D eigenvalue weighted by Crippen LogP contribution is -2.36. The van der Waals surface area contributed by atoms with E-state index in [1.54, 1.807) is 14.2 Å². The molecule has 0 spiro atoms. The van der Waals surface area contributed by atoms with Crippen LogP contribution in [0.25, 0.3) is 0 Å². The third-order valence-corrected chi connectivity index (χ3v) is 3.50. The normalized spacial score (nSPS) is 14.3. The third kappa shape index (κ3) is 4.40. The number of nitrogens with one attached hydrogen (secondary N) is 1. The molecule has 1 N–H and O–H groups in total. The van der Waals surface area contributed by atoms with Crippen molar-refractivity contribution in [2.24, 2.45) is 0 Å². The lowest BCUT2D eigenvalue weighted by atomic mass is 10.1. The Morgan fingerprint density at radius 1 is 1.16 bits per heavy atom. The summed E-state index contributed by atoms with van der Waals surface area (Å²) in [6, 6.07) is 6.59. The summed E-state index contributed by atoms with van der Waals surface area (Å²) in [6.45, 7) is 5.26. The highest BCUT2D eigenvalue weighted by molar-refractivity contribution is 5.42. The molecule has 0 saturated heterocycles. The van der Waals surface area contributed by atoms with Gasteiger partial charge in [-0.05, 0) is 46.1 Å². The zero-order chi connectivity index (χ0) is 14.4. The SMILES string of the molecule is COc1ccc(OC)c(C(C)NCC(C)N(C)C)c1. The van der Waals surface area contributed by atoms with Crippen LogP contribution in [0.5, 0.6) is 11.5 Å². The van der Waals surface area contributed by atoms with Gasteiger partial charge in [-0.1, -0.05) is 0 Å². The number of methoxy groups -OCH3 is 2. The van der Waals surface area contributed by atoms with Crippen LogP contribution < -0.4 is 14.8 Å². The Hall–Kier alpha value is -1.26. The minimum atomic E-state index is 0.215. The molecule has 0 aliphatic rings. The predicted molar refractivity (Wildman–Crippen MR) is 79.1 cm³/mol. The van der Waals surface area contributed by atoms with Crippen LogP contribution >= 0.6 is 0 Å². The van der Waals surface area contributed by atoms with Gasteiger partial charge in [-0.25, -0.2) is 0 Å². The molecule has 0 bridgehead atoms. The third-order valence-electron chi connectivity index (χ3n) is 3.50. The lowest BCUT2D eigenvalue weighted by molar-refractivity contribution is 0.294. The van der Waals surface area contributed by atoms with E-state index in [-0.39, 0.29) is 6.04 Å². The topological polar surface area (TPSA) is 33.7 Å². The van der Waals surface area contributed by atoms with E-state index in [4.69, 9.17) is 9.47 Å². The highest BCUT2D eigenvalue weighted by atomic mass is 16.5. The summed E-state index contributed by atoms with van der Waals surface area (Å²) in [5, 5.41) is 3.53. The van der Waals surface area contributed by atoms with Gasteiger partial charge in [0, 0.05) is 24.2 Å².